The van der Waals surface area contributed by atoms with E-state index in [4.69, 9.17) is 16.3 Å². The summed E-state index contributed by atoms with van der Waals surface area (Å²) in [4.78, 5) is 39.1. The Morgan fingerprint density at radius 1 is 1.15 bits per heavy atom. The first-order valence-electron chi connectivity index (χ1n) is 10.7. The molecule has 2 N–H and O–H groups in total. The van der Waals surface area contributed by atoms with E-state index in [0.717, 1.165) is 16.0 Å². The van der Waals surface area contributed by atoms with Crippen LogP contribution in [0.4, 0.5) is 16.2 Å². The van der Waals surface area contributed by atoms with Crippen LogP contribution in [0.5, 0.6) is 5.75 Å². The summed E-state index contributed by atoms with van der Waals surface area (Å²) in [6, 6.07) is 13.5. The quantitative estimate of drug-likeness (QED) is 0.481. The van der Waals surface area contributed by atoms with E-state index in [1.165, 1.54) is 17.8 Å². The molecule has 0 saturated carbocycles. The van der Waals surface area contributed by atoms with Gasteiger partial charge >= 0.3 is 12.0 Å². The number of pyridine rings is 1. The predicted octanol–water partition coefficient (Wildman–Crippen LogP) is 4.52. The third kappa shape index (κ3) is 5.58. The maximum atomic E-state index is 13.3. The van der Waals surface area contributed by atoms with Gasteiger partial charge in [0.2, 0.25) is 0 Å². The number of anilines is 2. The fraction of sp³-hybridized carbons (Fsp3) is 0.240. The van der Waals surface area contributed by atoms with E-state index in [1.807, 2.05) is 18.2 Å². The Labute approximate surface area is 202 Å². The van der Waals surface area contributed by atoms with Crippen LogP contribution in [0, 0.1) is 6.92 Å². The molecule has 1 heterocycles. The lowest BCUT2D eigenvalue weighted by Gasteiger charge is -2.25. The fourth-order valence-electron chi connectivity index (χ4n) is 3.49. The molecule has 0 aliphatic carbocycles. The van der Waals surface area contributed by atoms with Crippen LogP contribution in [0.2, 0.25) is 5.02 Å². The molecule has 2 aromatic carbocycles. The van der Waals surface area contributed by atoms with Gasteiger partial charge in [-0.3, -0.25) is 14.5 Å². The highest BCUT2D eigenvalue weighted by Crippen LogP contribution is 2.34. The summed E-state index contributed by atoms with van der Waals surface area (Å²) in [6.07, 6.45) is 1.45. The molecule has 0 fully saturated rings. The van der Waals surface area contributed by atoms with Gasteiger partial charge in [0.05, 0.1) is 18.7 Å². The number of carbonyl (C=O) groups excluding carboxylic acids is 2. The first-order valence-corrected chi connectivity index (χ1v) is 11.1. The molecule has 0 spiro atoms. The number of hydrogen-bond acceptors (Lipinski definition) is 5. The highest BCUT2D eigenvalue weighted by Gasteiger charge is 2.26. The highest BCUT2D eigenvalue weighted by atomic mass is 35.5. The van der Waals surface area contributed by atoms with Crippen molar-refractivity contribution in [2.24, 2.45) is 7.05 Å². The molecule has 178 valence electrons. The van der Waals surface area contributed by atoms with Crippen LogP contribution in [0.1, 0.15) is 18.9 Å². The third-order valence-electron chi connectivity index (χ3n) is 5.11. The topological polar surface area (TPSA) is 101 Å². The molecule has 0 atom stereocenters. The van der Waals surface area contributed by atoms with E-state index < -0.39 is 17.6 Å². The van der Waals surface area contributed by atoms with E-state index in [0.29, 0.717) is 16.3 Å². The van der Waals surface area contributed by atoms with Gasteiger partial charge in [0.15, 0.2) is 5.69 Å². The lowest BCUT2D eigenvalue weighted by molar-refractivity contribution is -0.142. The van der Waals surface area contributed by atoms with Crippen molar-refractivity contribution >= 4 is 35.0 Å². The highest BCUT2D eigenvalue weighted by molar-refractivity contribution is 6.30. The number of amides is 2. The lowest BCUT2D eigenvalue weighted by Crippen LogP contribution is -2.41. The number of nitrogens with one attached hydrogen (secondary N) is 1. The molecule has 3 rings (SSSR count). The van der Waals surface area contributed by atoms with Crippen LogP contribution in [-0.4, -0.2) is 34.8 Å². The fourth-order valence-corrected chi connectivity index (χ4v) is 3.68. The molecular formula is C25H26ClN3O5. The van der Waals surface area contributed by atoms with Crippen molar-refractivity contribution in [1.29, 1.82) is 0 Å². The Morgan fingerprint density at radius 2 is 1.82 bits per heavy atom. The van der Waals surface area contributed by atoms with Crippen molar-refractivity contribution in [1.82, 2.24) is 9.88 Å². The van der Waals surface area contributed by atoms with E-state index in [1.54, 1.807) is 44.2 Å². The van der Waals surface area contributed by atoms with Crippen molar-refractivity contribution in [3.05, 3.63) is 75.7 Å². The molecule has 3 aromatic rings. The molecule has 8 nitrogen and oxygen atoms in total. The van der Waals surface area contributed by atoms with Crippen molar-refractivity contribution in [2.75, 3.05) is 18.1 Å². The Kier molecular flexibility index (Phi) is 7.96. The van der Waals surface area contributed by atoms with Crippen LogP contribution in [0.3, 0.4) is 0 Å². The summed E-state index contributed by atoms with van der Waals surface area (Å²) in [5, 5.41) is 14.0. The largest absolute Gasteiger partial charge is 0.505 e. The molecule has 34 heavy (non-hydrogen) atoms. The van der Waals surface area contributed by atoms with E-state index in [-0.39, 0.29) is 31.0 Å². The molecular weight excluding hydrogens is 458 g/mol. The summed E-state index contributed by atoms with van der Waals surface area (Å²) in [6.45, 7) is 3.57. The number of aryl methyl sites for hydroxylation is 2. The summed E-state index contributed by atoms with van der Waals surface area (Å²) >= 11 is 6.14. The summed E-state index contributed by atoms with van der Waals surface area (Å²) in [5.74, 6) is -0.761. The Morgan fingerprint density at radius 3 is 2.50 bits per heavy atom. The number of rotatable bonds is 7. The van der Waals surface area contributed by atoms with Crippen LogP contribution in [0.15, 0.2) is 59.5 Å². The molecule has 0 unspecified atom stereocenters. The van der Waals surface area contributed by atoms with Crippen molar-refractivity contribution in [3.8, 4) is 16.9 Å². The molecule has 9 heteroatoms. The molecule has 0 radical (unpaired) electrons. The number of nitrogens with zero attached hydrogens (tertiary/aromatic N) is 2. The number of ether oxygens (including phenoxy) is 1. The van der Waals surface area contributed by atoms with E-state index >= 15 is 0 Å². The average Bonchev–Trinajstić information content (AvgIpc) is 2.80. The number of urea groups is 1. The van der Waals surface area contributed by atoms with Crippen molar-refractivity contribution in [3.63, 3.8) is 0 Å². The second kappa shape index (κ2) is 10.9. The number of aromatic hydroxyl groups is 1. The number of hydrogen-bond donors (Lipinski definition) is 2. The Hall–Kier alpha value is -3.78. The smallest absolute Gasteiger partial charge is 0.326 e. The van der Waals surface area contributed by atoms with E-state index in [9.17, 15) is 19.5 Å². The van der Waals surface area contributed by atoms with Crippen LogP contribution >= 0.6 is 11.6 Å². The van der Waals surface area contributed by atoms with Gasteiger partial charge < -0.3 is 19.7 Å². The predicted molar refractivity (Wildman–Crippen MR) is 132 cm³/mol. The van der Waals surface area contributed by atoms with Crippen molar-refractivity contribution in [2.45, 2.75) is 20.3 Å². The maximum Gasteiger partial charge on any atom is 0.326 e. The maximum absolute atomic E-state index is 13.3. The first-order chi connectivity index (χ1) is 16.2. The summed E-state index contributed by atoms with van der Waals surface area (Å²) in [7, 11) is 1.54. The summed E-state index contributed by atoms with van der Waals surface area (Å²) < 4.78 is 6.19. The van der Waals surface area contributed by atoms with Gasteiger partial charge in [0.1, 0.15) is 5.75 Å². The van der Waals surface area contributed by atoms with Gasteiger partial charge in [-0.25, -0.2) is 4.79 Å². The molecule has 2 amide bonds. The van der Waals surface area contributed by atoms with Gasteiger partial charge in [-0.05, 0) is 49.2 Å². The zero-order valence-electron chi connectivity index (χ0n) is 19.2. The number of aromatic nitrogens is 1. The van der Waals surface area contributed by atoms with Gasteiger partial charge in [0.25, 0.3) is 5.56 Å². The molecule has 0 aliphatic rings. The average molecular weight is 484 g/mol. The van der Waals surface area contributed by atoms with Crippen LogP contribution in [0.25, 0.3) is 11.1 Å². The van der Waals surface area contributed by atoms with Crippen LogP contribution < -0.4 is 15.8 Å². The number of carbonyl (C=O) groups is 2. The number of benzene rings is 2. The van der Waals surface area contributed by atoms with Gasteiger partial charge in [-0.1, -0.05) is 35.9 Å². The lowest BCUT2D eigenvalue weighted by atomic mass is 10.0. The minimum absolute atomic E-state index is 0.00492. The Bertz CT molecular complexity index is 1270. The van der Waals surface area contributed by atoms with Gasteiger partial charge in [-0.2, -0.15) is 0 Å². The van der Waals surface area contributed by atoms with E-state index in [2.05, 4.69) is 5.32 Å². The minimum atomic E-state index is -0.675. The third-order valence-corrected chi connectivity index (χ3v) is 5.34. The molecule has 0 saturated heterocycles. The zero-order chi connectivity index (χ0) is 24.8. The standard InChI is InChI=1S/C25H26ClN3O5/c1-4-34-21(30)11-12-27-25(33)29(22-23(31)16(2)15-28(3)24(22)32)20-10-6-8-18(14-20)17-7-5-9-19(26)13-17/h5-10,13-15,31H,4,11-12H2,1-3H3,(H,27,33). The SMILES string of the molecule is CCOC(=O)CCNC(=O)N(c1cccc(-c2cccc(Cl)c2)c1)c1c(O)c(C)cn(C)c1=O. The summed E-state index contributed by atoms with van der Waals surface area (Å²) in [5.41, 5.74) is 1.60. The van der Waals surface area contributed by atoms with Gasteiger partial charge in [-0.15, -0.1) is 0 Å². The molecule has 0 bridgehead atoms. The monoisotopic (exact) mass is 483 g/mol. The number of esters is 1. The normalized spacial score (nSPS) is 10.6. The minimum Gasteiger partial charge on any atom is -0.505 e. The van der Waals surface area contributed by atoms with Crippen LogP contribution in [-0.2, 0) is 16.6 Å². The number of halogens is 1. The second-order valence-corrected chi connectivity index (χ2v) is 8.04. The van der Waals surface area contributed by atoms with Crippen molar-refractivity contribution < 1.29 is 19.4 Å². The first kappa shape index (κ1) is 24.9. The molecule has 0 aliphatic heterocycles. The second-order valence-electron chi connectivity index (χ2n) is 7.61. The molecule has 1 aromatic heterocycles. The zero-order valence-corrected chi connectivity index (χ0v) is 19.9. The Balaban J connectivity index is 2.07. The van der Waals surface area contributed by atoms with Gasteiger partial charge in [0, 0.05) is 30.4 Å².